The highest BCUT2D eigenvalue weighted by Crippen LogP contribution is 2.27. The molecule has 112 valence electrons. The predicted octanol–water partition coefficient (Wildman–Crippen LogP) is 0.563. The van der Waals surface area contributed by atoms with Crippen molar-refractivity contribution in [1.29, 1.82) is 0 Å². The molecule has 7 heteroatoms. The molecule has 0 unspecified atom stereocenters. The molecule has 1 aromatic rings. The second-order valence-corrected chi connectivity index (χ2v) is 5.42. The van der Waals surface area contributed by atoms with Crippen LogP contribution in [-0.2, 0) is 11.4 Å². The molecule has 3 N–H and O–H groups in total. The molecule has 2 heterocycles. The van der Waals surface area contributed by atoms with Crippen molar-refractivity contribution in [2.45, 2.75) is 32.9 Å². The number of rotatable bonds is 4. The standard InChI is InChI=1S/C14H17N3O4/c1-7(2)14(3)13(21)16-11(17-14)10-9(12(19)20)4-8(6-18)5-15-10/h4-5,7,18H,6H2,1-3H3,(H,19,20)(H,16,17,21)/t14-/m0/s1. The van der Waals surface area contributed by atoms with E-state index in [0.29, 0.717) is 5.56 Å². The Morgan fingerprint density at radius 2 is 2.14 bits per heavy atom. The van der Waals surface area contributed by atoms with Crippen molar-refractivity contribution in [3.05, 3.63) is 29.1 Å². The fourth-order valence-electron chi connectivity index (χ4n) is 1.99. The first-order valence-corrected chi connectivity index (χ1v) is 6.54. The summed E-state index contributed by atoms with van der Waals surface area (Å²) in [6, 6.07) is 1.32. The summed E-state index contributed by atoms with van der Waals surface area (Å²) in [7, 11) is 0. The largest absolute Gasteiger partial charge is 0.478 e. The van der Waals surface area contributed by atoms with E-state index >= 15 is 0 Å². The number of hydrogen-bond donors (Lipinski definition) is 3. The van der Waals surface area contributed by atoms with E-state index in [9.17, 15) is 14.7 Å². The summed E-state index contributed by atoms with van der Waals surface area (Å²) in [5, 5.41) is 20.9. The molecule has 1 amide bonds. The number of carboxylic acids is 1. The molecular formula is C14H17N3O4. The summed E-state index contributed by atoms with van der Waals surface area (Å²) in [6.07, 6.45) is 1.36. The number of aromatic carboxylic acids is 1. The second-order valence-electron chi connectivity index (χ2n) is 5.42. The van der Waals surface area contributed by atoms with Crippen molar-refractivity contribution in [2.24, 2.45) is 10.9 Å². The third kappa shape index (κ3) is 2.52. The van der Waals surface area contributed by atoms with E-state index in [2.05, 4.69) is 15.3 Å². The third-order valence-electron chi connectivity index (χ3n) is 3.74. The first-order valence-electron chi connectivity index (χ1n) is 6.54. The van der Waals surface area contributed by atoms with E-state index < -0.39 is 11.5 Å². The highest BCUT2D eigenvalue weighted by Gasteiger charge is 2.43. The minimum absolute atomic E-state index is 0.0417. The smallest absolute Gasteiger partial charge is 0.338 e. The Hall–Kier alpha value is -2.28. The van der Waals surface area contributed by atoms with E-state index in [1.54, 1.807) is 6.92 Å². The lowest BCUT2D eigenvalue weighted by atomic mass is 9.89. The number of aliphatic hydroxyl groups excluding tert-OH is 1. The minimum Gasteiger partial charge on any atom is -0.478 e. The van der Waals surface area contributed by atoms with Gasteiger partial charge in [0, 0.05) is 6.20 Å². The molecule has 0 aliphatic carbocycles. The van der Waals surface area contributed by atoms with Crippen molar-refractivity contribution in [3.63, 3.8) is 0 Å². The minimum atomic E-state index is -1.19. The van der Waals surface area contributed by atoms with Crippen LogP contribution in [0.3, 0.4) is 0 Å². The van der Waals surface area contributed by atoms with Gasteiger partial charge in [-0.25, -0.2) is 9.79 Å². The molecule has 0 fully saturated rings. The zero-order chi connectivity index (χ0) is 15.8. The lowest BCUT2D eigenvalue weighted by Gasteiger charge is -2.21. The summed E-state index contributed by atoms with van der Waals surface area (Å²) in [4.78, 5) is 31.8. The van der Waals surface area contributed by atoms with Crippen LogP contribution in [0.2, 0.25) is 0 Å². The van der Waals surface area contributed by atoms with Gasteiger partial charge in [-0.05, 0) is 24.5 Å². The van der Waals surface area contributed by atoms with E-state index in [-0.39, 0.29) is 35.5 Å². The molecule has 1 atom stereocenters. The Bertz CT molecular complexity index is 639. The van der Waals surface area contributed by atoms with Crippen molar-refractivity contribution < 1.29 is 19.8 Å². The number of pyridine rings is 1. The number of carboxylic acid groups (broad SMARTS) is 1. The Kier molecular flexibility index (Phi) is 3.78. The third-order valence-corrected chi connectivity index (χ3v) is 3.74. The number of aromatic nitrogens is 1. The van der Waals surface area contributed by atoms with Gasteiger partial charge in [-0.2, -0.15) is 0 Å². The Balaban J connectivity index is 2.53. The first kappa shape index (κ1) is 15.1. The summed E-state index contributed by atoms with van der Waals surface area (Å²) in [6.45, 7) is 5.12. The summed E-state index contributed by atoms with van der Waals surface area (Å²) in [5.41, 5.74) is -0.568. The van der Waals surface area contributed by atoms with Gasteiger partial charge in [0.05, 0.1) is 12.2 Å². The maximum absolute atomic E-state index is 12.1. The maximum atomic E-state index is 12.1. The number of nitrogens with zero attached hydrogens (tertiary/aromatic N) is 2. The maximum Gasteiger partial charge on any atom is 0.338 e. The fraction of sp³-hybridized carbons (Fsp3) is 0.429. The van der Waals surface area contributed by atoms with Crippen molar-refractivity contribution in [3.8, 4) is 0 Å². The molecule has 1 aliphatic rings. The van der Waals surface area contributed by atoms with Crippen LogP contribution in [0.4, 0.5) is 0 Å². The first-order chi connectivity index (χ1) is 9.79. The van der Waals surface area contributed by atoms with Gasteiger partial charge in [-0.1, -0.05) is 13.8 Å². The van der Waals surface area contributed by atoms with E-state index in [1.165, 1.54) is 12.3 Å². The van der Waals surface area contributed by atoms with E-state index in [0.717, 1.165) is 0 Å². The zero-order valence-corrected chi connectivity index (χ0v) is 12.0. The van der Waals surface area contributed by atoms with Crippen LogP contribution in [0, 0.1) is 5.92 Å². The SMILES string of the molecule is CC(C)[C@]1(C)N=C(c2ncc(CO)cc2C(=O)O)NC1=O. The van der Waals surface area contributed by atoms with Gasteiger partial charge in [0.25, 0.3) is 5.91 Å². The van der Waals surface area contributed by atoms with Crippen LogP contribution >= 0.6 is 0 Å². The molecule has 1 aliphatic heterocycles. The van der Waals surface area contributed by atoms with Crippen LogP contribution in [0.5, 0.6) is 0 Å². The Morgan fingerprint density at radius 1 is 1.48 bits per heavy atom. The van der Waals surface area contributed by atoms with Gasteiger partial charge < -0.3 is 15.5 Å². The predicted molar refractivity (Wildman–Crippen MR) is 75.0 cm³/mol. The van der Waals surface area contributed by atoms with Crippen molar-refractivity contribution in [2.75, 3.05) is 0 Å². The van der Waals surface area contributed by atoms with Gasteiger partial charge in [0.2, 0.25) is 0 Å². The van der Waals surface area contributed by atoms with E-state index in [1.807, 2.05) is 13.8 Å². The number of carbonyl (C=O) groups excluding carboxylic acids is 1. The number of hydrogen-bond acceptors (Lipinski definition) is 5. The number of aliphatic imine (C=N–C) groups is 1. The second kappa shape index (κ2) is 5.25. The molecule has 7 nitrogen and oxygen atoms in total. The van der Waals surface area contributed by atoms with E-state index in [4.69, 9.17) is 5.11 Å². The molecule has 0 saturated carbocycles. The Labute approximate surface area is 121 Å². The average Bonchev–Trinajstić information content (AvgIpc) is 2.75. The van der Waals surface area contributed by atoms with Crippen LogP contribution in [0.1, 0.15) is 42.4 Å². The monoisotopic (exact) mass is 291 g/mol. The summed E-state index contributed by atoms with van der Waals surface area (Å²) in [5.74, 6) is -1.36. The van der Waals surface area contributed by atoms with Gasteiger partial charge >= 0.3 is 5.97 Å². The molecule has 2 rings (SSSR count). The van der Waals surface area contributed by atoms with Crippen LogP contribution in [0.25, 0.3) is 0 Å². The molecule has 0 bridgehead atoms. The quantitative estimate of drug-likeness (QED) is 0.750. The topological polar surface area (TPSA) is 112 Å². The van der Waals surface area contributed by atoms with Gasteiger partial charge in [-0.3, -0.25) is 9.78 Å². The van der Waals surface area contributed by atoms with Gasteiger partial charge in [0.1, 0.15) is 11.2 Å². The molecule has 1 aromatic heterocycles. The average molecular weight is 291 g/mol. The van der Waals surface area contributed by atoms with Gasteiger partial charge in [-0.15, -0.1) is 0 Å². The molecular weight excluding hydrogens is 274 g/mol. The molecule has 21 heavy (non-hydrogen) atoms. The molecule has 0 saturated heterocycles. The van der Waals surface area contributed by atoms with Crippen molar-refractivity contribution >= 4 is 17.7 Å². The van der Waals surface area contributed by atoms with Crippen molar-refractivity contribution in [1.82, 2.24) is 10.3 Å². The summed E-state index contributed by atoms with van der Waals surface area (Å²) < 4.78 is 0. The number of nitrogens with one attached hydrogen (secondary N) is 1. The van der Waals surface area contributed by atoms with Crippen LogP contribution in [0.15, 0.2) is 17.3 Å². The lowest BCUT2D eigenvalue weighted by molar-refractivity contribution is -0.124. The number of carbonyl (C=O) groups is 2. The highest BCUT2D eigenvalue weighted by atomic mass is 16.4. The Morgan fingerprint density at radius 3 is 2.62 bits per heavy atom. The zero-order valence-electron chi connectivity index (χ0n) is 12.0. The summed E-state index contributed by atoms with van der Waals surface area (Å²) >= 11 is 0. The molecule has 0 radical (unpaired) electrons. The van der Waals surface area contributed by atoms with Crippen LogP contribution < -0.4 is 5.32 Å². The van der Waals surface area contributed by atoms with Gasteiger partial charge in [0.15, 0.2) is 5.84 Å². The number of aliphatic hydroxyl groups is 1. The highest BCUT2D eigenvalue weighted by molar-refractivity contribution is 6.17. The fourth-order valence-corrected chi connectivity index (χ4v) is 1.99. The van der Waals surface area contributed by atoms with Crippen LogP contribution in [-0.4, -0.2) is 38.4 Å². The lowest BCUT2D eigenvalue weighted by Crippen LogP contribution is -2.41. The number of amides is 1. The molecule has 0 aromatic carbocycles. The molecule has 0 spiro atoms. The number of amidine groups is 1. The normalized spacial score (nSPS) is 21.4.